The number of aromatic nitrogens is 1. The molecular weight excluding hydrogens is 448 g/mol. The number of carboxylic acid groups (broad SMARTS) is 1. The van der Waals surface area contributed by atoms with E-state index in [9.17, 15) is 14.4 Å². The van der Waals surface area contributed by atoms with E-state index in [-0.39, 0.29) is 30.0 Å². The zero-order valence-electron chi connectivity index (χ0n) is 16.5. The number of carboxylic acids is 1. The molecule has 160 valence electrons. The van der Waals surface area contributed by atoms with E-state index in [1.54, 1.807) is 17.0 Å². The second-order valence-corrected chi connectivity index (χ2v) is 9.50. The van der Waals surface area contributed by atoms with Gasteiger partial charge in [-0.1, -0.05) is 23.4 Å². The number of thioether (sulfide) groups is 1. The Kier molecular flexibility index (Phi) is 7.38. The predicted octanol–water partition coefficient (Wildman–Crippen LogP) is 4.17. The Morgan fingerprint density at radius 3 is 2.87 bits per heavy atom. The number of rotatable bonds is 9. The number of aryl methyl sites for hydroxylation is 1. The molecule has 7 nitrogen and oxygen atoms in total. The van der Waals surface area contributed by atoms with Gasteiger partial charge in [0.2, 0.25) is 5.91 Å². The highest BCUT2D eigenvalue weighted by Crippen LogP contribution is 2.29. The molecule has 3 rings (SSSR count). The van der Waals surface area contributed by atoms with E-state index in [1.165, 1.54) is 35.4 Å². The molecule has 1 aromatic heterocycles. The summed E-state index contributed by atoms with van der Waals surface area (Å²) in [6, 6.07) is 3.28. The van der Waals surface area contributed by atoms with Crippen molar-refractivity contribution in [2.24, 2.45) is 0 Å². The second kappa shape index (κ2) is 9.80. The Morgan fingerprint density at radius 1 is 1.43 bits per heavy atom. The third-order valence-corrected chi connectivity index (χ3v) is 7.19. The summed E-state index contributed by atoms with van der Waals surface area (Å²) in [4.78, 5) is 41.0. The molecule has 2 heterocycles. The molecule has 1 N–H and O–H groups in total. The van der Waals surface area contributed by atoms with Gasteiger partial charge in [-0.05, 0) is 38.0 Å². The lowest BCUT2D eigenvalue weighted by molar-refractivity contribution is -0.129. The lowest BCUT2D eigenvalue weighted by Gasteiger charge is -2.25. The Hall–Kier alpha value is -2.10. The van der Waals surface area contributed by atoms with Crippen LogP contribution in [-0.4, -0.2) is 57.6 Å². The first-order valence-corrected chi connectivity index (χ1v) is 11.6. The number of carbonyl (C=O) groups excluding carboxylic acids is 2. The highest BCUT2D eigenvalue weighted by Gasteiger charge is 2.31. The summed E-state index contributed by atoms with van der Waals surface area (Å²) in [5.41, 5.74) is 1.28. The lowest BCUT2D eigenvalue weighted by Crippen LogP contribution is -2.38. The fourth-order valence-electron chi connectivity index (χ4n) is 3.16. The van der Waals surface area contributed by atoms with Crippen molar-refractivity contribution in [3.8, 4) is 5.75 Å². The van der Waals surface area contributed by atoms with Gasteiger partial charge in [0.05, 0.1) is 11.6 Å². The van der Waals surface area contributed by atoms with Crippen molar-refractivity contribution in [2.75, 3.05) is 18.9 Å². The standard InChI is InChI=1S/C20H21ClN2O5S2/c1-11-7-17(14(12(2)24)8-15(11)21)28-9-13-3-4-18(25)23(13)5-6-29-20-22-16(10-30-20)19(26)27/h7-8,10,13H,3-6,9H2,1-2H3,(H,26,27). The van der Waals surface area contributed by atoms with Crippen LogP contribution >= 0.6 is 34.7 Å². The van der Waals surface area contributed by atoms with Crippen molar-refractivity contribution in [3.05, 3.63) is 39.4 Å². The third-order valence-electron chi connectivity index (χ3n) is 4.78. The van der Waals surface area contributed by atoms with E-state index in [0.29, 0.717) is 45.8 Å². The smallest absolute Gasteiger partial charge is 0.355 e. The monoisotopic (exact) mass is 468 g/mol. The Labute approximate surface area is 187 Å². The van der Waals surface area contributed by atoms with E-state index in [1.807, 2.05) is 6.92 Å². The van der Waals surface area contributed by atoms with Crippen LogP contribution in [-0.2, 0) is 4.79 Å². The van der Waals surface area contributed by atoms with E-state index < -0.39 is 5.97 Å². The van der Waals surface area contributed by atoms with Crippen molar-refractivity contribution in [1.82, 2.24) is 9.88 Å². The summed E-state index contributed by atoms with van der Waals surface area (Å²) < 4.78 is 6.60. The maximum atomic E-state index is 12.3. The third kappa shape index (κ3) is 5.33. The highest BCUT2D eigenvalue weighted by atomic mass is 35.5. The van der Waals surface area contributed by atoms with E-state index in [0.717, 1.165) is 5.56 Å². The molecule has 0 saturated carbocycles. The topological polar surface area (TPSA) is 96.8 Å². The molecule has 1 fully saturated rings. The minimum atomic E-state index is -1.05. The first kappa shape index (κ1) is 22.6. The predicted molar refractivity (Wildman–Crippen MR) is 116 cm³/mol. The van der Waals surface area contributed by atoms with Gasteiger partial charge in [0.1, 0.15) is 12.4 Å². The van der Waals surface area contributed by atoms with Crippen LogP contribution in [0.3, 0.4) is 0 Å². The van der Waals surface area contributed by atoms with Crippen LogP contribution in [0.2, 0.25) is 5.02 Å². The van der Waals surface area contributed by atoms with Crippen molar-refractivity contribution in [2.45, 2.75) is 37.1 Å². The number of ketones is 1. The molecule has 1 aliphatic rings. The van der Waals surface area contributed by atoms with Gasteiger partial charge in [0, 0.05) is 29.1 Å². The van der Waals surface area contributed by atoms with Gasteiger partial charge in [0.15, 0.2) is 15.8 Å². The Balaban J connectivity index is 1.59. The zero-order chi connectivity index (χ0) is 21.8. The Bertz CT molecular complexity index is 978. The van der Waals surface area contributed by atoms with Gasteiger partial charge < -0.3 is 14.7 Å². The molecule has 0 aliphatic carbocycles. The number of ether oxygens (including phenoxy) is 1. The molecule has 1 saturated heterocycles. The fourth-order valence-corrected chi connectivity index (χ4v) is 5.14. The SMILES string of the molecule is CC(=O)c1cc(Cl)c(C)cc1OCC1CCC(=O)N1CCSc1nc(C(=O)O)cs1. The number of benzene rings is 1. The van der Waals surface area contributed by atoms with Crippen molar-refractivity contribution in [3.63, 3.8) is 0 Å². The number of likely N-dealkylation sites (tertiary alicyclic amines) is 1. The van der Waals surface area contributed by atoms with Crippen LogP contribution in [0, 0.1) is 6.92 Å². The minimum absolute atomic E-state index is 0.0329. The number of amides is 1. The lowest BCUT2D eigenvalue weighted by atomic mass is 10.1. The quantitative estimate of drug-likeness (QED) is 0.435. The van der Waals surface area contributed by atoms with E-state index >= 15 is 0 Å². The normalized spacial score (nSPS) is 16.2. The largest absolute Gasteiger partial charge is 0.491 e. The number of hydrogen-bond acceptors (Lipinski definition) is 7. The number of aromatic carboxylic acids is 1. The van der Waals surface area contributed by atoms with Gasteiger partial charge in [-0.15, -0.1) is 11.3 Å². The van der Waals surface area contributed by atoms with E-state index in [2.05, 4.69) is 4.98 Å². The average molecular weight is 469 g/mol. The molecule has 1 atom stereocenters. The summed E-state index contributed by atoms with van der Waals surface area (Å²) >= 11 is 8.83. The van der Waals surface area contributed by atoms with Crippen molar-refractivity contribution in [1.29, 1.82) is 0 Å². The molecule has 30 heavy (non-hydrogen) atoms. The fraction of sp³-hybridized carbons (Fsp3) is 0.400. The van der Waals surface area contributed by atoms with Gasteiger partial charge in [-0.25, -0.2) is 9.78 Å². The molecule has 0 radical (unpaired) electrons. The second-order valence-electron chi connectivity index (χ2n) is 6.90. The summed E-state index contributed by atoms with van der Waals surface area (Å²) in [5, 5.41) is 11.0. The summed E-state index contributed by atoms with van der Waals surface area (Å²) in [7, 11) is 0. The maximum Gasteiger partial charge on any atom is 0.355 e. The summed E-state index contributed by atoms with van der Waals surface area (Å²) in [6.07, 6.45) is 1.14. The molecule has 0 spiro atoms. The van der Waals surface area contributed by atoms with Gasteiger partial charge in [-0.2, -0.15) is 0 Å². The summed E-state index contributed by atoms with van der Waals surface area (Å²) in [5.74, 6) is -0.0389. The molecule has 10 heteroatoms. The minimum Gasteiger partial charge on any atom is -0.491 e. The van der Waals surface area contributed by atoms with Gasteiger partial charge in [-0.3, -0.25) is 9.59 Å². The Morgan fingerprint density at radius 2 is 2.20 bits per heavy atom. The molecular formula is C20H21ClN2O5S2. The van der Waals surface area contributed by atoms with Crippen LogP contribution < -0.4 is 4.74 Å². The molecule has 0 bridgehead atoms. The maximum absolute atomic E-state index is 12.3. The number of thiazole rings is 1. The first-order chi connectivity index (χ1) is 14.3. The van der Waals surface area contributed by atoms with Crippen LogP contribution in [0.25, 0.3) is 0 Å². The van der Waals surface area contributed by atoms with Crippen LogP contribution in [0.4, 0.5) is 0 Å². The van der Waals surface area contributed by atoms with Crippen LogP contribution in [0.5, 0.6) is 5.75 Å². The van der Waals surface area contributed by atoms with Crippen molar-refractivity contribution < 1.29 is 24.2 Å². The van der Waals surface area contributed by atoms with Crippen LogP contribution in [0.15, 0.2) is 21.9 Å². The highest BCUT2D eigenvalue weighted by molar-refractivity contribution is 8.01. The molecule has 2 aromatic rings. The average Bonchev–Trinajstić information content (AvgIpc) is 3.30. The molecule has 1 unspecified atom stereocenters. The van der Waals surface area contributed by atoms with Gasteiger partial charge in [0.25, 0.3) is 0 Å². The molecule has 1 amide bonds. The number of halogens is 1. The summed E-state index contributed by atoms with van der Waals surface area (Å²) in [6.45, 7) is 4.11. The van der Waals surface area contributed by atoms with Crippen LogP contribution in [0.1, 0.15) is 46.2 Å². The number of carbonyl (C=O) groups is 3. The first-order valence-electron chi connectivity index (χ1n) is 9.31. The number of hydrogen-bond donors (Lipinski definition) is 1. The number of Topliss-reactive ketones (excluding diaryl/α,β-unsaturated/α-hetero) is 1. The molecule has 1 aliphatic heterocycles. The van der Waals surface area contributed by atoms with E-state index in [4.69, 9.17) is 21.4 Å². The number of nitrogens with zero attached hydrogens (tertiary/aromatic N) is 2. The molecule has 1 aromatic carbocycles. The zero-order valence-corrected chi connectivity index (χ0v) is 18.9. The van der Waals surface area contributed by atoms with Crippen molar-refractivity contribution >= 4 is 52.4 Å². The van der Waals surface area contributed by atoms with Gasteiger partial charge >= 0.3 is 5.97 Å².